The topological polar surface area (TPSA) is 20.2 Å². The van der Waals surface area contributed by atoms with Crippen LogP contribution in [0.4, 0.5) is 0 Å². The summed E-state index contributed by atoms with van der Waals surface area (Å²) in [6.07, 6.45) is 10.4. The Bertz CT molecular complexity index is 167. The number of hydrogen-bond acceptors (Lipinski definition) is 1. The lowest BCUT2D eigenvalue weighted by Crippen LogP contribution is -3.00. The molecule has 0 bridgehead atoms. The van der Waals surface area contributed by atoms with Gasteiger partial charge in [0.15, 0.2) is 0 Å². The number of hydrogen-bond donors (Lipinski definition) is 1. The van der Waals surface area contributed by atoms with Crippen molar-refractivity contribution in [1.82, 2.24) is 0 Å². The second-order valence-electron chi connectivity index (χ2n) is 5.64. The Morgan fingerprint density at radius 3 is 1.67 bits per heavy atom. The summed E-state index contributed by atoms with van der Waals surface area (Å²) in [7, 11) is 2.37. The zero-order valence-corrected chi connectivity index (χ0v) is 14.9. The lowest BCUT2D eigenvalue weighted by Gasteiger charge is -2.35. The first-order valence-electron chi connectivity index (χ1n) is 7.63. The molecule has 18 heavy (non-hydrogen) atoms. The van der Waals surface area contributed by atoms with Crippen LogP contribution >= 0.6 is 0 Å². The van der Waals surface area contributed by atoms with E-state index >= 15 is 0 Å². The van der Waals surface area contributed by atoms with E-state index < -0.39 is 0 Å². The van der Waals surface area contributed by atoms with Gasteiger partial charge in [-0.3, -0.25) is 0 Å². The Morgan fingerprint density at radius 2 is 1.17 bits per heavy atom. The lowest BCUT2D eigenvalue weighted by atomic mass is 10.1. The van der Waals surface area contributed by atoms with Crippen LogP contribution < -0.4 is 24.0 Å². The van der Waals surface area contributed by atoms with Crippen LogP contribution in [0.5, 0.6) is 0 Å². The van der Waals surface area contributed by atoms with Gasteiger partial charge in [-0.1, -0.05) is 33.1 Å². The number of unbranched alkanes of at least 4 members (excludes halogenated alkanes) is 5. The quantitative estimate of drug-likeness (QED) is 0.303. The van der Waals surface area contributed by atoms with Crippen molar-refractivity contribution in [1.29, 1.82) is 0 Å². The minimum atomic E-state index is 0. The van der Waals surface area contributed by atoms with E-state index in [1.165, 1.54) is 62.5 Å². The first kappa shape index (κ1) is 21.0. The van der Waals surface area contributed by atoms with Crippen molar-refractivity contribution >= 4 is 0 Å². The molecule has 0 aliphatic rings. The normalized spacial score (nSPS) is 14.0. The van der Waals surface area contributed by atoms with E-state index in [4.69, 9.17) is 5.11 Å². The van der Waals surface area contributed by atoms with Crippen LogP contribution in [-0.4, -0.2) is 42.9 Å². The van der Waals surface area contributed by atoms with E-state index in [0.717, 1.165) is 13.0 Å². The highest BCUT2D eigenvalue weighted by Gasteiger charge is 2.19. The SMILES string of the molecule is CCCCCC[N+](C)(CCCO)CCCCC.[I-]. The Hall–Kier alpha value is 0.650. The standard InChI is InChI=1S/C15H34NO.HI/c1-4-6-8-10-13-16(3,14-11-15-17)12-9-7-5-2;/h17H,4-15H2,1-3H3;1H/q+1;/p-1. The van der Waals surface area contributed by atoms with E-state index in [-0.39, 0.29) is 24.0 Å². The van der Waals surface area contributed by atoms with E-state index in [2.05, 4.69) is 20.9 Å². The molecule has 0 amide bonds. The highest BCUT2D eigenvalue weighted by atomic mass is 127. The number of aliphatic hydroxyl groups is 1. The molecule has 0 radical (unpaired) electrons. The Labute approximate surface area is 132 Å². The van der Waals surface area contributed by atoms with Crippen molar-refractivity contribution in [2.75, 3.05) is 33.3 Å². The molecule has 112 valence electrons. The number of nitrogens with zero attached hydrogens (tertiary/aromatic N) is 1. The third kappa shape index (κ3) is 11.7. The maximum absolute atomic E-state index is 9.00. The van der Waals surface area contributed by atoms with Crippen LogP contribution in [0, 0.1) is 0 Å². The van der Waals surface area contributed by atoms with Gasteiger partial charge in [0.25, 0.3) is 0 Å². The smallest absolute Gasteiger partial charge is 0.0806 e. The highest BCUT2D eigenvalue weighted by molar-refractivity contribution is 4.46. The minimum Gasteiger partial charge on any atom is -1.00 e. The minimum absolute atomic E-state index is 0. The predicted molar refractivity (Wildman–Crippen MR) is 76.2 cm³/mol. The molecule has 1 unspecified atom stereocenters. The van der Waals surface area contributed by atoms with Crippen molar-refractivity contribution in [3.63, 3.8) is 0 Å². The third-order valence-corrected chi connectivity index (χ3v) is 3.71. The summed E-state index contributed by atoms with van der Waals surface area (Å²) < 4.78 is 1.17. The van der Waals surface area contributed by atoms with Gasteiger partial charge in [-0.15, -0.1) is 0 Å². The molecule has 1 atom stereocenters. The molecular weight excluding hydrogens is 337 g/mol. The zero-order chi connectivity index (χ0) is 13.0. The molecule has 0 spiro atoms. The average molecular weight is 371 g/mol. The highest BCUT2D eigenvalue weighted by Crippen LogP contribution is 2.12. The monoisotopic (exact) mass is 371 g/mol. The fraction of sp³-hybridized carbons (Fsp3) is 1.00. The molecular formula is C15H34INO. The average Bonchev–Trinajstić information content (AvgIpc) is 2.33. The lowest BCUT2D eigenvalue weighted by molar-refractivity contribution is -0.910. The summed E-state index contributed by atoms with van der Waals surface area (Å²) >= 11 is 0. The van der Waals surface area contributed by atoms with Crippen molar-refractivity contribution in [2.45, 2.75) is 65.2 Å². The molecule has 0 saturated heterocycles. The van der Waals surface area contributed by atoms with E-state index in [1.54, 1.807) is 0 Å². The van der Waals surface area contributed by atoms with Gasteiger partial charge in [-0.05, 0) is 25.7 Å². The molecule has 0 aliphatic carbocycles. The van der Waals surface area contributed by atoms with Crippen molar-refractivity contribution < 1.29 is 33.6 Å². The van der Waals surface area contributed by atoms with E-state index in [0.29, 0.717) is 6.61 Å². The summed E-state index contributed by atoms with van der Waals surface area (Å²) in [5.74, 6) is 0. The van der Waals surface area contributed by atoms with Gasteiger partial charge < -0.3 is 33.6 Å². The summed E-state index contributed by atoms with van der Waals surface area (Å²) in [4.78, 5) is 0. The first-order valence-corrected chi connectivity index (χ1v) is 7.63. The summed E-state index contributed by atoms with van der Waals surface area (Å²) in [5, 5.41) is 9.00. The molecule has 2 nitrogen and oxygen atoms in total. The molecule has 0 aromatic carbocycles. The molecule has 0 heterocycles. The molecule has 0 aromatic heterocycles. The molecule has 0 saturated carbocycles. The number of quaternary nitrogens is 1. The Balaban J connectivity index is 0. The fourth-order valence-corrected chi connectivity index (χ4v) is 2.45. The van der Waals surface area contributed by atoms with Gasteiger partial charge in [-0.25, -0.2) is 0 Å². The van der Waals surface area contributed by atoms with Crippen molar-refractivity contribution in [2.24, 2.45) is 0 Å². The molecule has 0 fully saturated rings. The van der Waals surface area contributed by atoms with Crippen molar-refractivity contribution in [3.05, 3.63) is 0 Å². The number of rotatable bonds is 12. The van der Waals surface area contributed by atoms with Crippen LogP contribution in [0.15, 0.2) is 0 Å². The van der Waals surface area contributed by atoms with Gasteiger partial charge >= 0.3 is 0 Å². The van der Waals surface area contributed by atoms with Crippen LogP contribution in [0.1, 0.15) is 65.2 Å². The fourth-order valence-electron chi connectivity index (χ4n) is 2.45. The molecule has 0 rings (SSSR count). The zero-order valence-electron chi connectivity index (χ0n) is 12.8. The number of halogens is 1. The van der Waals surface area contributed by atoms with Crippen LogP contribution in [0.25, 0.3) is 0 Å². The van der Waals surface area contributed by atoms with Crippen LogP contribution in [0.2, 0.25) is 0 Å². The second kappa shape index (κ2) is 14.1. The predicted octanol–water partition coefficient (Wildman–Crippen LogP) is 0.590. The van der Waals surface area contributed by atoms with Gasteiger partial charge in [0.05, 0.1) is 26.7 Å². The summed E-state index contributed by atoms with van der Waals surface area (Å²) in [5.41, 5.74) is 0. The van der Waals surface area contributed by atoms with Crippen LogP contribution in [0.3, 0.4) is 0 Å². The van der Waals surface area contributed by atoms with E-state index in [1.807, 2.05) is 0 Å². The van der Waals surface area contributed by atoms with Gasteiger partial charge in [0.2, 0.25) is 0 Å². The maximum atomic E-state index is 9.00. The molecule has 1 N–H and O–H groups in total. The first-order chi connectivity index (χ1) is 8.18. The third-order valence-electron chi connectivity index (χ3n) is 3.71. The van der Waals surface area contributed by atoms with Crippen molar-refractivity contribution in [3.8, 4) is 0 Å². The van der Waals surface area contributed by atoms with E-state index in [9.17, 15) is 0 Å². The molecule has 0 aliphatic heterocycles. The van der Waals surface area contributed by atoms with Crippen LogP contribution in [-0.2, 0) is 0 Å². The van der Waals surface area contributed by atoms with Gasteiger partial charge in [0.1, 0.15) is 0 Å². The number of aliphatic hydroxyl groups excluding tert-OH is 1. The maximum Gasteiger partial charge on any atom is 0.0806 e. The Morgan fingerprint density at radius 1 is 0.722 bits per heavy atom. The summed E-state index contributed by atoms with van der Waals surface area (Å²) in [6.45, 7) is 8.60. The Kier molecular flexibility index (Phi) is 16.4. The second-order valence-corrected chi connectivity index (χ2v) is 5.64. The van der Waals surface area contributed by atoms with Gasteiger partial charge in [-0.2, -0.15) is 0 Å². The largest absolute Gasteiger partial charge is 1.00 e. The van der Waals surface area contributed by atoms with Gasteiger partial charge in [0, 0.05) is 13.0 Å². The summed E-state index contributed by atoms with van der Waals surface area (Å²) in [6, 6.07) is 0. The molecule has 0 aromatic rings. The molecule has 3 heteroatoms.